The van der Waals surface area contributed by atoms with E-state index in [0.29, 0.717) is 17.1 Å². The highest BCUT2D eigenvalue weighted by Crippen LogP contribution is 2.17. The summed E-state index contributed by atoms with van der Waals surface area (Å²) in [6, 6.07) is 8.93. The van der Waals surface area contributed by atoms with Gasteiger partial charge < -0.3 is 4.74 Å². The molecule has 0 bridgehead atoms. The molecule has 20 heavy (non-hydrogen) atoms. The third-order valence-electron chi connectivity index (χ3n) is 2.62. The highest BCUT2D eigenvalue weighted by Gasteiger charge is 2.09. The number of benzene rings is 1. The Labute approximate surface area is 120 Å². The summed E-state index contributed by atoms with van der Waals surface area (Å²) in [5, 5.41) is 5.08. The van der Waals surface area contributed by atoms with Gasteiger partial charge in [0.2, 0.25) is 0 Å². The lowest BCUT2D eigenvalue weighted by Gasteiger charge is -2.00. The molecule has 0 spiro atoms. The van der Waals surface area contributed by atoms with Crippen molar-refractivity contribution in [3.8, 4) is 0 Å². The lowest BCUT2D eigenvalue weighted by atomic mass is 10.2. The van der Waals surface area contributed by atoms with Gasteiger partial charge in [-0.2, -0.15) is 0 Å². The highest BCUT2D eigenvalue weighted by molar-refractivity contribution is 7.13. The molecule has 1 aromatic heterocycles. The molecule has 0 radical (unpaired) electrons. The predicted molar refractivity (Wildman–Crippen MR) is 76.8 cm³/mol. The molecule has 0 aliphatic heterocycles. The average Bonchev–Trinajstić information content (AvgIpc) is 2.93. The van der Waals surface area contributed by atoms with Crippen LogP contribution in [0.1, 0.15) is 22.5 Å². The van der Waals surface area contributed by atoms with Crippen molar-refractivity contribution in [2.24, 2.45) is 0 Å². The third-order valence-corrected chi connectivity index (χ3v) is 3.43. The van der Waals surface area contributed by atoms with Gasteiger partial charge in [0.1, 0.15) is 0 Å². The van der Waals surface area contributed by atoms with Crippen LogP contribution in [0.4, 0.5) is 5.13 Å². The monoisotopic (exact) mass is 290 g/mol. The van der Waals surface area contributed by atoms with Gasteiger partial charge in [0.25, 0.3) is 5.91 Å². The van der Waals surface area contributed by atoms with Crippen LogP contribution >= 0.6 is 11.3 Å². The van der Waals surface area contributed by atoms with Crippen molar-refractivity contribution >= 4 is 28.3 Å². The number of ether oxygens (including phenoxy) is 1. The molecule has 2 rings (SSSR count). The summed E-state index contributed by atoms with van der Waals surface area (Å²) >= 11 is 1.34. The van der Waals surface area contributed by atoms with Gasteiger partial charge in [0.05, 0.1) is 19.2 Å². The number of anilines is 1. The van der Waals surface area contributed by atoms with Crippen molar-refractivity contribution in [1.82, 2.24) is 4.98 Å². The molecule has 1 heterocycles. The minimum Gasteiger partial charge on any atom is -0.469 e. The minimum absolute atomic E-state index is 0.195. The first-order chi connectivity index (χ1) is 9.69. The zero-order valence-corrected chi connectivity index (χ0v) is 11.8. The van der Waals surface area contributed by atoms with Crippen molar-refractivity contribution in [2.75, 3.05) is 12.4 Å². The maximum atomic E-state index is 11.9. The van der Waals surface area contributed by atoms with Crippen LogP contribution in [0.15, 0.2) is 35.7 Å². The topological polar surface area (TPSA) is 68.3 Å². The number of nitrogens with zero attached hydrogens (tertiary/aromatic N) is 1. The molecule has 0 aliphatic rings. The lowest BCUT2D eigenvalue weighted by molar-refractivity contribution is -0.140. The van der Waals surface area contributed by atoms with E-state index < -0.39 is 0 Å². The second-order valence-corrected chi connectivity index (χ2v) is 4.90. The summed E-state index contributed by atoms with van der Waals surface area (Å²) in [6.45, 7) is 0. The van der Waals surface area contributed by atoms with E-state index in [0.717, 1.165) is 5.69 Å². The molecule has 1 amide bonds. The van der Waals surface area contributed by atoms with E-state index in [9.17, 15) is 9.59 Å². The Morgan fingerprint density at radius 2 is 2.05 bits per heavy atom. The van der Waals surface area contributed by atoms with E-state index in [1.807, 2.05) is 11.4 Å². The van der Waals surface area contributed by atoms with E-state index in [-0.39, 0.29) is 18.3 Å². The lowest BCUT2D eigenvalue weighted by Crippen LogP contribution is -2.11. The van der Waals surface area contributed by atoms with Gasteiger partial charge in [-0.15, -0.1) is 11.3 Å². The maximum absolute atomic E-state index is 11.9. The summed E-state index contributed by atoms with van der Waals surface area (Å²) in [6.07, 6.45) is 0.788. The molecule has 2 aromatic rings. The molecular weight excluding hydrogens is 276 g/mol. The molecule has 104 valence electrons. The van der Waals surface area contributed by atoms with Crippen molar-refractivity contribution in [3.63, 3.8) is 0 Å². The average molecular weight is 290 g/mol. The van der Waals surface area contributed by atoms with E-state index in [1.165, 1.54) is 18.4 Å². The Balaban J connectivity index is 1.93. The van der Waals surface area contributed by atoms with E-state index >= 15 is 0 Å². The van der Waals surface area contributed by atoms with Crippen LogP contribution in [0.2, 0.25) is 0 Å². The smallest absolute Gasteiger partial charge is 0.305 e. The van der Waals surface area contributed by atoms with Gasteiger partial charge in [-0.1, -0.05) is 18.2 Å². The number of amides is 1. The first-order valence-corrected chi connectivity index (χ1v) is 6.94. The van der Waals surface area contributed by atoms with Gasteiger partial charge in [-0.3, -0.25) is 14.9 Å². The Hall–Kier alpha value is -2.21. The second-order valence-electron chi connectivity index (χ2n) is 4.04. The predicted octanol–water partition coefficient (Wildman–Crippen LogP) is 2.50. The summed E-state index contributed by atoms with van der Waals surface area (Å²) in [4.78, 5) is 27.2. The molecule has 0 unspecified atom stereocenters. The Morgan fingerprint density at radius 3 is 2.75 bits per heavy atom. The van der Waals surface area contributed by atoms with Crippen molar-refractivity contribution < 1.29 is 14.3 Å². The van der Waals surface area contributed by atoms with Gasteiger partial charge in [0.15, 0.2) is 5.13 Å². The number of esters is 1. The van der Waals surface area contributed by atoms with Crippen molar-refractivity contribution in [3.05, 3.63) is 47.0 Å². The summed E-state index contributed by atoms with van der Waals surface area (Å²) in [5.41, 5.74) is 1.35. The summed E-state index contributed by atoms with van der Waals surface area (Å²) in [5.74, 6) is -0.465. The SMILES string of the molecule is COC(=O)CCc1csc(NC(=O)c2ccccc2)n1. The van der Waals surface area contributed by atoms with Crippen LogP contribution in [0, 0.1) is 0 Å². The molecule has 0 saturated carbocycles. The molecule has 0 fully saturated rings. The van der Waals surface area contributed by atoms with E-state index in [1.54, 1.807) is 24.3 Å². The third kappa shape index (κ3) is 3.89. The zero-order chi connectivity index (χ0) is 14.4. The number of aryl methyl sites for hydroxylation is 1. The maximum Gasteiger partial charge on any atom is 0.305 e. The number of hydrogen-bond acceptors (Lipinski definition) is 5. The molecule has 0 aliphatic carbocycles. The molecule has 1 N–H and O–H groups in total. The summed E-state index contributed by atoms with van der Waals surface area (Å²) in [7, 11) is 1.36. The number of carbonyl (C=O) groups is 2. The highest BCUT2D eigenvalue weighted by atomic mass is 32.1. The molecule has 1 aromatic carbocycles. The van der Waals surface area contributed by atoms with Gasteiger partial charge in [0, 0.05) is 17.4 Å². The number of nitrogens with one attached hydrogen (secondary N) is 1. The normalized spacial score (nSPS) is 10.1. The van der Waals surface area contributed by atoms with Crippen molar-refractivity contribution in [1.29, 1.82) is 0 Å². The summed E-state index contributed by atoms with van der Waals surface area (Å²) < 4.78 is 4.57. The van der Waals surface area contributed by atoms with Gasteiger partial charge >= 0.3 is 5.97 Å². The molecule has 0 saturated heterocycles. The minimum atomic E-state index is -0.270. The van der Waals surface area contributed by atoms with Crippen LogP contribution in [0.25, 0.3) is 0 Å². The first kappa shape index (κ1) is 14.2. The first-order valence-electron chi connectivity index (χ1n) is 6.06. The largest absolute Gasteiger partial charge is 0.469 e. The molecular formula is C14H14N2O3S. The van der Waals surface area contributed by atoms with Gasteiger partial charge in [-0.05, 0) is 12.1 Å². The van der Waals surface area contributed by atoms with Crippen LogP contribution < -0.4 is 5.32 Å². The fourth-order valence-electron chi connectivity index (χ4n) is 1.57. The number of methoxy groups -OCH3 is 1. The number of hydrogen-bond donors (Lipinski definition) is 1. The Morgan fingerprint density at radius 1 is 1.30 bits per heavy atom. The van der Waals surface area contributed by atoms with Crippen LogP contribution in [-0.2, 0) is 16.0 Å². The van der Waals surface area contributed by atoms with E-state index in [4.69, 9.17) is 0 Å². The number of thiazole rings is 1. The fourth-order valence-corrected chi connectivity index (χ4v) is 2.31. The number of rotatable bonds is 5. The Bertz CT molecular complexity index is 595. The standard InChI is InChI=1S/C14H14N2O3S/c1-19-12(17)8-7-11-9-20-14(15-11)16-13(18)10-5-3-2-4-6-10/h2-6,9H,7-8H2,1H3,(H,15,16,18). The van der Waals surface area contributed by atoms with E-state index in [2.05, 4.69) is 15.0 Å². The van der Waals surface area contributed by atoms with Crippen LogP contribution in [0.3, 0.4) is 0 Å². The fraction of sp³-hybridized carbons (Fsp3) is 0.214. The number of carbonyl (C=O) groups excluding carboxylic acids is 2. The quantitative estimate of drug-likeness (QED) is 0.859. The van der Waals surface area contributed by atoms with Crippen molar-refractivity contribution in [2.45, 2.75) is 12.8 Å². The molecule has 6 heteroatoms. The molecule has 0 atom stereocenters. The second kappa shape index (κ2) is 6.81. The molecule has 5 nitrogen and oxygen atoms in total. The van der Waals surface area contributed by atoms with Crippen LogP contribution in [-0.4, -0.2) is 24.0 Å². The Kier molecular flexibility index (Phi) is 4.84. The zero-order valence-electron chi connectivity index (χ0n) is 11.0. The van der Waals surface area contributed by atoms with Gasteiger partial charge in [-0.25, -0.2) is 4.98 Å². The number of aromatic nitrogens is 1. The van der Waals surface area contributed by atoms with Crippen LogP contribution in [0.5, 0.6) is 0 Å².